The lowest BCUT2D eigenvalue weighted by Gasteiger charge is -2.35. The van der Waals surface area contributed by atoms with E-state index in [9.17, 15) is 18.0 Å². The van der Waals surface area contributed by atoms with E-state index in [0.717, 1.165) is 17.7 Å². The summed E-state index contributed by atoms with van der Waals surface area (Å²) < 4.78 is 49.4. The number of carbonyl (C=O) groups excluding carboxylic acids is 1. The molecule has 2 heterocycles. The first-order chi connectivity index (χ1) is 15.4. The Morgan fingerprint density at radius 1 is 1.06 bits per heavy atom. The van der Waals surface area contributed by atoms with Crippen molar-refractivity contribution < 1.29 is 27.2 Å². The van der Waals surface area contributed by atoms with E-state index in [2.05, 4.69) is 15.4 Å². The van der Waals surface area contributed by atoms with Crippen molar-refractivity contribution in [3.8, 4) is 11.3 Å². The monoisotopic (exact) mass is 445 g/mol. The zero-order valence-corrected chi connectivity index (χ0v) is 17.1. The Labute approximate surface area is 183 Å². The van der Waals surface area contributed by atoms with Crippen LogP contribution in [0.5, 0.6) is 0 Å². The Morgan fingerprint density at radius 3 is 2.41 bits per heavy atom. The van der Waals surface area contributed by atoms with E-state index in [1.165, 1.54) is 12.1 Å². The van der Waals surface area contributed by atoms with E-state index in [-0.39, 0.29) is 18.3 Å². The van der Waals surface area contributed by atoms with Crippen molar-refractivity contribution in [1.29, 1.82) is 0 Å². The van der Waals surface area contributed by atoms with Crippen LogP contribution >= 0.6 is 0 Å². The van der Waals surface area contributed by atoms with Gasteiger partial charge in [0.25, 0.3) is 5.91 Å². The van der Waals surface area contributed by atoms with Crippen LogP contribution in [0.1, 0.15) is 27.7 Å². The Kier molecular flexibility index (Phi) is 6.57. The lowest BCUT2D eigenvalue weighted by atomic mass is 10.0. The maximum absolute atomic E-state index is 12.9. The number of amides is 1. The largest absolute Gasteiger partial charge is 0.416 e. The zero-order valence-electron chi connectivity index (χ0n) is 17.1. The molecule has 6 nitrogen and oxygen atoms in total. The minimum atomic E-state index is -4.40. The minimum absolute atomic E-state index is 0.0667. The van der Waals surface area contributed by atoms with Gasteiger partial charge in [0.2, 0.25) is 5.76 Å². The van der Waals surface area contributed by atoms with Gasteiger partial charge in [0.15, 0.2) is 0 Å². The molecule has 1 N–H and O–H groups in total. The van der Waals surface area contributed by atoms with Crippen molar-refractivity contribution in [3.05, 3.63) is 77.6 Å². The molecular weight excluding hydrogens is 423 g/mol. The molecule has 168 valence electrons. The molecule has 1 aliphatic heterocycles. The van der Waals surface area contributed by atoms with Gasteiger partial charge in [0.05, 0.1) is 24.8 Å². The predicted octanol–water partition coefficient (Wildman–Crippen LogP) is 4.16. The van der Waals surface area contributed by atoms with Crippen LogP contribution in [-0.4, -0.2) is 48.8 Å². The highest BCUT2D eigenvalue weighted by Gasteiger charge is 2.31. The number of rotatable bonds is 6. The average molecular weight is 445 g/mol. The molecule has 0 bridgehead atoms. The highest BCUT2D eigenvalue weighted by molar-refractivity contribution is 5.92. The van der Waals surface area contributed by atoms with Crippen LogP contribution in [0.3, 0.4) is 0 Å². The minimum Gasteiger partial charge on any atom is -0.379 e. The highest BCUT2D eigenvalue weighted by Crippen LogP contribution is 2.31. The van der Waals surface area contributed by atoms with E-state index >= 15 is 0 Å². The number of hydrogen-bond donors (Lipinski definition) is 1. The number of morpholine rings is 1. The Morgan fingerprint density at radius 2 is 1.75 bits per heavy atom. The maximum Gasteiger partial charge on any atom is 0.416 e. The van der Waals surface area contributed by atoms with E-state index in [4.69, 9.17) is 9.26 Å². The number of ether oxygens (including phenoxy) is 1. The van der Waals surface area contributed by atoms with Crippen LogP contribution in [0.4, 0.5) is 13.2 Å². The van der Waals surface area contributed by atoms with Gasteiger partial charge in [-0.05, 0) is 17.7 Å². The summed E-state index contributed by atoms with van der Waals surface area (Å²) in [6, 6.07) is 15.6. The molecule has 9 heteroatoms. The second kappa shape index (κ2) is 9.54. The second-order valence-corrected chi connectivity index (χ2v) is 7.44. The van der Waals surface area contributed by atoms with Gasteiger partial charge in [-0.15, -0.1) is 0 Å². The third-order valence-corrected chi connectivity index (χ3v) is 5.37. The first kappa shape index (κ1) is 22.0. The third kappa shape index (κ3) is 5.17. The van der Waals surface area contributed by atoms with Gasteiger partial charge >= 0.3 is 6.18 Å². The lowest BCUT2D eigenvalue weighted by Crippen LogP contribution is -2.43. The summed E-state index contributed by atoms with van der Waals surface area (Å²) in [7, 11) is 0. The van der Waals surface area contributed by atoms with Crippen molar-refractivity contribution in [2.75, 3.05) is 32.8 Å². The van der Waals surface area contributed by atoms with Crippen LogP contribution in [-0.2, 0) is 10.9 Å². The molecule has 1 unspecified atom stereocenters. The molecular formula is C23H22F3N3O3. The molecule has 1 aliphatic rings. The molecule has 0 spiro atoms. The summed E-state index contributed by atoms with van der Waals surface area (Å²) in [6.07, 6.45) is -4.40. The number of alkyl halides is 3. The van der Waals surface area contributed by atoms with Crippen molar-refractivity contribution in [1.82, 2.24) is 15.4 Å². The number of halogens is 3. The number of benzene rings is 2. The molecule has 1 amide bonds. The first-order valence-electron chi connectivity index (χ1n) is 10.2. The van der Waals surface area contributed by atoms with Gasteiger partial charge in [-0.2, -0.15) is 13.2 Å². The fourth-order valence-electron chi connectivity index (χ4n) is 3.64. The number of carbonyl (C=O) groups is 1. The Bertz CT molecular complexity index is 1030. The molecule has 0 radical (unpaired) electrons. The van der Waals surface area contributed by atoms with Crippen molar-refractivity contribution in [3.63, 3.8) is 0 Å². The summed E-state index contributed by atoms with van der Waals surface area (Å²) in [6.45, 7) is 2.47. The number of nitrogens with one attached hydrogen (secondary N) is 1. The molecule has 0 saturated carbocycles. The molecule has 32 heavy (non-hydrogen) atoms. The quantitative estimate of drug-likeness (QED) is 0.617. The highest BCUT2D eigenvalue weighted by atomic mass is 19.4. The molecule has 1 saturated heterocycles. The summed E-state index contributed by atoms with van der Waals surface area (Å²) in [5.74, 6) is -0.373. The fourth-order valence-corrected chi connectivity index (χ4v) is 3.64. The van der Waals surface area contributed by atoms with Gasteiger partial charge in [-0.3, -0.25) is 9.69 Å². The molecule has 1 fully saturated rings. The van der Waals surface area contributed by atoms with Gasteiger partial charge in [-0.1, -0.05) is 47.6 Å². The second-order valence-electron chi connectivity index (χ2n) is 7.44. The Balaban J connectivity index is 1.48. The number of aromatic nitrogens is 1. The van der Waals surface area contributed by atoms with E-state index in [1.807, 2.05) is 30.3 Å². The predicted molar refractivity (Wildman–Crippen MR) is 111 cm³/mol. The standard InChI is InChI=1S/C23H22F3N3O3/c24-23(25,26)18-8-6-17(7-9-18)20(29-10-12-31-13-11-29)15-27-22(30)21-14-19(28-32-21)16-4-2-1-3-5-16/h1-9,14,20H,10-13,15H2,(H,27,30). The van der Waals surface area contributed by atoms with E-state index in [1.54, 1.807) is 6.07 Å². The topological polar surface area (TPSA) is 67.6 Å². The summed E-state index contributed by atoms with van der Waals surface area (Å²) in [5, 5.41) is 6.77. The smallest absolute Gasteiger partial charge is 0.379 e. The van der Waals surface area contributed by atoms with Crippen molar-refractivity contribution in [2.45, 2.75) is 12.2 Å². The lowest BCUT2D eigenvalue weighted by molar-refractivity contribution is -0.137. The number of nitrogens with zero attached hydrogens (tertiary/aromatic N) is 2. The summed E-state index contributed by atoms with van der Waals surface area (Å²) in [5.41, 5.74) is 1.35. The molecule has 0 aliphatic carbocycles. The van der Waals surface area contributed by atoms with Crippen LogP contribution in [0.25, 0.3) is 11.3 Å². The molecule has 2 aromatic carbocycles. The van der Waals surface area contributed by atoms with E-state index < -0.39 is 17.6 Å². The van der Waals surface area contributed by atoms with Crippen molar-refractivity contribution >= 4 is 5.91 Å². The Hall–Kier alpha value is -3.17. The zero-order chi connectivity index (χ0) is 22.6. The van der Waals surface area contributed by atoms with Crippen molar-refractivity contribution in [2.24, 2.45) is 0 Å². The normalized spacial score (nSPS) is 16.0. The average Bonchev–Trinajstić information content (AvgIpc) is 3.31. The summed E-state index contributed by atoms with van der Waals surface area (Å²) >= 11 is 0. The SMILES string of the molecule is O=C(NCC(c1ccc(C(F)(F)F)cc1)N1CCOCC1)c1cc(-c2ccccc2)no1. The van der Waals surface area contributed by atoms with Gasteiger partial charge in [0, 0.05) is 31.3 Å². The third-order valence-electron chi connectivity index (χ3n) is 5.37. The number of hydrogen-bond acceptors (Lipinski definition) is 5. The fraction of sp³-hybridized carbons (Fsp3) is 0.304. The molecule has 1 atom stereocenters. The van der Waals surface area contributed by atoms with Crippen LogP contribution in [0, 0.1) is 0 Å². The van der Waals surface area contributed by atoms with Crippen LogP contribution in [0.2, 0.25) is 0 Å². The van der Waals surface area contributed by atoms with Gasteiger partial charge < -0.3 is 14.6 Å². The molecule has 3 aromatic rings. The van der Waals surface area contributed by atoms with Crippen LogP contribution < -0.4 is 5.32 Å². The van der Waals surface area contributed by atoms with E-state index in [0.29, 0.717) is 37.6 Å². The van der Waals surface area contributed by atoms with Gasteiger partial charge in [-0.25, -0.2) is 0 Å². The maximum atomic E-state index is 12.9. The molecule has 4 rings (SSSR count). The summed E-state index contributed by atoms with van der Waals surface area (Å²) in [4.78, 5) is 14.7. The van der Waals surface area contributed by atoms with Gasteiger partial charge in [0.1, 0.15) is 5.69 Å². The first-order valence-corrected chi connectivity index (χ1v) is 10.2. The molecule has 1 aromatic heterocycles. The van der Waals surface area contributed by atoms with Crippen LogP contribution in [0.15, 0.2) is 65.2 Å².